The van der Waals surface area contributed by atoms with Crippen LogP contribution in [0.3, 0.4) is 0 Å². The lowest BCUT2D eigenvalue weighted by molar-refractivity contribution is -0.274. The van der Waals surface area contributed by atoms with Gasteiger partial charge in [-0.05, 0) is 50.7 Å². The molecule has 0 radical (unpaired) electrons. The van der Waals surface area contributed by atoms with Gasteiger partial charge < -0.3 is 23.6 Å². The fraction of sp³-hybridized carbons (Fsp3) is 0.517. The first-order valence-corrected chi connectivity index (χ1v) is 14.1. The van der Waals surface area contributed by atoms with Gasteiger partial charge in [-0.25, -0.2) is 14.8 Å². The summed E-state index contributed by atoms with van der Waals surface area (Å²) in [5.41, 5.74) is -1.31. The number of halogens is 6. The predicted octanol–water partition coefficient (Wildman–Crippen LogP) is 7.07. The number of nitrogens with zero attached hydrogens (tertiary/aromatic N) is 4. The number of carbonyl (C=O) groups excluding carboxylic acids is 1. The molecule has 3 aromatic rings. The molecule has 238 valence electrons. The number of rotatable bonds is 11. The van der Waals surface area contributed by atoms with Crippen molar-refractivity contribution in [3.05, 3.63) is 53.0 Å². The van der Waals surface area contributed by atoms with Gasteiger partial charge in [-0.2, -0.15) is 13.2 Å². The third kappa shape index (κ3) is 6.92. The highest BCUT2D eigenvalue weighted by molar-refractivity contribution is 5.90. The normalized spacial score (nSPS) is 19.0. The first-order chi connectivity index (χ1) is 20.9. The SMILES string of the molecule is CCC1CC[C@@H](CCOCc2c(-c3ccccc3OC(F)(F)F)noc2C2CC2)N1c1ncc(C(=O)OC)c(C(F)(F)F)n1. The fourth-order valence-corrected chi connectivity index (χ4v) is 5.55. The zero-order valence-corrected chi connectivity index (χ0v) is 23.9. The summed E-state index contributed by atoms with van der Waals surface area (Å²) in [6.45, 7) is 2.09. The number of hydrogen-bond donors (Lipinski definition) is 0. The van der Waals surface area contributed by atoms with Crippen LogP contribution in [0.2, 0.25) is 0 Å². The van der Waals surface area contributed by atoms with Crippen molar-refractivity contribution in [3.63, 3.8) is 0 Å². The van der Waals surface area contributed by atoms with Crippen LogP contribution in [0.5, 0.6) is 5.75 Å². The summed E-state index contributed by atoms with van der Waals surface area (Å²) in [5, 5.41) is 4.07. The molecule has 0 bridgehead atoms. The molecule has 5 rings (SSSR count). The largest absolute Gasteiger partial charge is 0.573 e. The van der Waals surface area contributed by atoms with E-state index in [1.54, 1.807) is 11.0 Å². The van der Waals surface area contributed by atoms with E-state index in [1.807, 2.05) is 6.92 Å². The first kappa shape index (κ1) is 31.5. The first-order valence-electron chi connectivity index (χ1n) is 14.1. The number of hydrogen-bond acceptors (Lipinski definition) is 9. The molecule has 2 atom stereocenters. The molecule has 1 aliphatic carbocycles. The standard InChI is InChI=1S/C29H30F6N4O5/c1-3-17-10-11-18(39(17)27-36-14-20(26(40)41-2)25(37-27)28(30,31)32)12-13-42-15-21-23(38-44-24(21)16-8-9-16)19-6-4-5-7-22(19)43-29(33,34)35/h4-7,14,16-18H,3,8-13,15H2,1-2H3/t17?,18-/m0/s1. The van der Waals surface area contributed by atoms with E-state index in [2.05, 4.69) is 24.6 Å². The Bertz CT molecular complexity index is 1470. The summed E-state index contributed by atoms with van der Waals surface area (Å²) in [7, 11) is 0.977. The number of methoxy groups -OCH3 is 1. The van der Waals surface area contributed by atoms with Crippen molar-refractivity contribution in [3.8, 4) is 17.0 Å². The lowest BCUT2D eigenvalue weighted by atomic mass is 10.0. The van der Waals surface area contributed by atoms with Gasteiger partial charge in [0.2, 0.25) is 5.95 Å². The molecule has 2 fully saturated rings. The van der Waals surface area contributed by atoms with Crippen LogP contribution >= 0.6 is 0 Å². The van der Waals surface area contributed by atoms with Gasteiger partial charge in [0.25, 0.3) is 0 Å². The molecule has 2 aromatic heterocycles. The van der Waals surface area contributed by atoms with Crippen LogP contribution in [0.1, 0.15) is 78.7 Å². The van der Waals surface area contributed by atoms with Crippen molar-refractivity contribution in [2.75, 3.05) is 18.6 Å². The summed E-state index contributed by atoms with van der Waals surface area (Å²) >= 11 is 0. The van der Waals surface area contributed by atoms with Crippen LogP contribution in [0.4, 0.5) is 32.3 Å². The van der Waals surface area contributed by atoms with Crippen molar-refractivity contribution in [1.29, 1.82) is 0 Å². The van der Waals surface area contributed by atoms with Crippen LogP contribution in [0.15, 0.2) is 35.0 Å². The number of anilines is 1. The molecule has 0 amide bonds. The number of esters is 1. The topological polar surface area (TPSA) is 99.8 Å². The highest BCUT2D eigenvalue weighted by Gasteiger charge is 2.41. The average molecular weight is 629 g/mol. The molecule has 0 N–H and O–H groups in total. The number of aromatic nitrogens is 3. The molecule has 9 nitrogen and oxygen atoms in total. The monoisotopic (exact) mass is 628 g/mol. The van der Waals surface area contributed by atoms with E-state index in [9.17, 15) is 31.1 Å². The Hall–Kier alpha value is -3.88. The van der Waals surface area contributed by atoms with Crippen LogP contribution in [0.25, 0.3) is 11.3 Å². The Balaban J connectivity index is 1.33. The van der Waals surface area contributed by atoms with Gasteiger partial charge in [0.05, 0.1) is 13.7 Å². The minimum Gasteiger partial charge on any atom is -0.465 e. The number of para-hydroxylation sites is 1. The molecule has 0 spiro atoms. The lowest BCUT2D eigenvalue weighted by Gasteiger charge is -2.30. The molecule has 1 saturated heterocycles. The maximum Gasteiger partial charge on any atom is 0.573 e. The van der Waals surface area contributed by atoms with Crippen LogP contribution in [0, 0.1) is 0 Å². The smallest absolute Gasteiger partial charge is 0.465 e. The van der Waals surface area contributed by atoms with Gasteiger partial charge in [-0.3, -0.25) is 0 Å². The van der Waals surface area contributed by atoms with Gasteiger partial charge in [0.1, 0.15) is 22.8 Å². The number of ether oxygens (including phenoxy) is 3. The molecule has 44 heavy (non-hydrogen) atoms. The zero-order valence-electron chi connectivity index (χ0n) is 23.9. The van der Waals surface area contributed by atoms with Crippen LogP contribution in [-0.4, -0.2) is 53.3 Å². The molecular weight excluding hydrogens is 598 g/mol. The Morgan fingerprint density at radius 2 is 1.80 bits per heavy atom. The van der Waals surface area contributed by atoms with Gasteiger partial charge >= 0.3 is 18.5 Å². The second-order valence-corrected chi connectivity index (χ2v) is 10.7. The van der Waals surface area contributed by atoms with E-state index in [0.717, 1.165) is 26.1 Å². The Kier molecular flexibility index (Phi) is 9.05. The lowest BCUT2D eigenvalue weighted by Crippen LogP contribution is -2.38. The summed E-state index contributed by atoms with van der Waals surface area (Å²) in [5.74, 6) is -1.10. The van der Waals surface area contributed by atoms with Crippen molar-refractivity contribution in [1.82, 2.24) is 15.1 Å². The van der Waals surface area contributed by atoms with Gasteiger partial charge in [-0.15, -0.1) is 13.2 Å². The summed E-state index contributed by atoms with van der Waals surface area (Å²) in [6.07, 6.45) is -4.87. The fourth-order valence-electron chi connectivity index (χ4n) is 5.55. The summed E-state index contributed by atoms with van der Waals surface area (Å²) < 4.78 is 101. The average Bonchev–Trinajstić information content (AvgIpc) is 3.60. The Labute approximate surface area is 248 Å². The summed E-state index contributed by atoms with van der Waals surface area (Å²) in [6, 6.07) is 5.27. The number of benzene rings is 1. The van der Waals surface area contributed by atoms with E-state index in [0.29, 0.717) is 37.0 Å². The van der Waals surface area contributed by atoms with Gasteiger partial charge in [-0.1, -0.05) is 24.2 Å². The van der Waals surface area contributed by atoms with E-state index >= 15 is 0 Å². The molecule has 1 saturated carbocycles. The molecule has 2 aliphatic rings. The quantitative estimate of drug-likeness (QED) is 0.125. The Morgan fingerprint density at radius 1 is 1.07 bits per heavy atom. The van der Waals surface area contributed by atoms with Crippen LogP contribution < -0.4 is 9.64 Å². The van der Waals surface area contributed by atoms with E-state index in [4.69, 9.17) is 9.26 Å². The molecule has 15 heteroatoms. The third-order valence-corrected chi connectivity index (χ3v) is 7.75. The van der Waals surface area contributed by atoms with Crippen LogP contribution in [-0.2, 0) is 22.3 Å². The van der Waals surface area contributed by atoms with Crippen molar-refractivity contribution in [2.24, 2.45) is 0 Å². The highest BCUT2D eigenvalue weighted by atomic mass is 19.4. The van der Waals surface area contributed by atoms with Crippen molar-refractivity contribution >= 4 is 11.9 Å². The second kappa shape index (κ2) is 12.6. The summed E-state index contributed by atoms with van der Waals surface area (Å²) in [4.78, 5) is 21.5. The molecular formula is C29H30F6N4O5. The number of alkyl halides is 6. The molecule has 1 unspecified atom stereocenters. The number of carbonyl (C=O) groups is 1. The Morgan fingerprint density at radius 3 is 2.45 bits per heavy atom. The maximum atomic E-state index is 13.8. The van der Waals surface area contributed by atoms with Crippen molar-refractivity contribution < 1.29 is 49.9 Å². The predicted molar refractivity (Wildman–Crippen MR) is 143 cm³/mol. The van der Waals surface area contributed by atoms with Gasteiger partial charge in [0.15, 0.2) is 5.69 Å². The maximum absolute atomic E-state index is 13.8. The highest BCUT2D eigenvalue weighted by Crippen LogP contribution is 2.46. The third-order valence-electron chi connectivity index (χ3n) is 7.75. The van der Waals surface area contributed by atoms with E-state index < -0.39 is 35.5 Å². The van der Waals surface area contributed by atoms with Gasteiger partial charge in [0, 0.05) is 41.9 Å². The molecule has 1 aliphatic heterocycles. The zero-order chi connectivity index (χ0) is 31.6. The minimum absolute atomic E-state index is 0.00249. The second-order valence-electron chi connectivity index (χ2n) is 10.7. The van der Waals surface area contributed by atoms with Crippen molar-refractivity contribution in [2.45, 2.75) is 82.6 Å². The van der Waals surface area contributed by atoms with E-state index in [-0.39, 0.29) is 48.4 Å². The van der Waals surface area contributed by atoms with E-state index in [1.165, 1.54) is 18.2 Å². The minimum atomic E-state index is -4.90. The molecule has 3 heterocycles. The molecule has 1 aromatic carbocycles.